The van der Waals surface area contributed by atoms with Gasteiger partial charge in [-0.05, 0) is 46.4 Å². The highest BCUT2D eigenvalue weighted by Gasteiger charge is 2.31. The van der Waals surface area contributed by atoms with E-state index in [1.165, 1.54) is 12.1 Å². The normalized spacial score (nSPS) is 12.7. The maximum absolute atomic E-state index is 12.8. The summed E-state index contributed by atoms with van der Waals surface area (Å²) in [5, 5.41) is 9.22. The summed E-state index contributed by atoms with van der Waals surface area (Å²) in [6.45, 7) is -0.533. The van der Waals surface area contributed by atoms with Crippen molar-refractivity contribution in [2.75, 3.05) is 19.7 Å². The predicted molar refractivity (Wildman–Crippen MR) is 119 cm³/mol. The van der Waals surface area contributed by atoms with Crippen molar-refractivity contribution in [3.05, 3.63) is 95.1 Å². The molecule has 0 atom stereocenters. The number of fused-ring (bicyclic) bond motifs is 3. The fourth-order valence-corrected chi connectivity index (χ4v) is 4.21. The largest absolute Gasteiger partial charge is 0.480 e. The fraction of sp³-hybridized carbons (Fsp3) is 0.231. The van der Waals surface area contributed by atoms with Crippen LogP contribution in [0.5, 0.6) is 0 Å². The number of alkyl halides is 3. The Hall–Kier alpha value is -3.81. The second-order valence-electron chi connectivity index (χ2n) is 8.06. The number of hydrogen-bond donors (Lipinski definition) is 1. The van der Waals surface area contributed by atoms with Gasteiger partial charge in [0.15, 0.2) is 0 Å². The number of nitrogens with zero attached hydrogens (tertiary/aromatic N) is 1. The van der Waals surface area contributed by atoms with Gasteiger partial charge in [-0.1, -0.05) is 60.7 Å². The molecule has 176 valence electrons. The molecule has 4 rings (SSSR count). The summed E-state index contributed by atoms with van der Waals surface area (Å²) in [6.07, 6.45) is -5.03. The number of rotatable bonds is 7. The molecule has 0 aromatic heterocycles. The molecular formula is C26H22F3NO4. The highest BCUT2D eigenvalue weighted by Crippen LogP contribution is 2.44. The van der Waals surface area contributed by atoms with Gasteiger partial charge in [0.2, 0.25) is 0 Å². The van der Waals surface area contributed by atoms with Gasteiger partial charge < -0.3 is 9.84 Å². The van der Waals surface area contributed by atoms with Crippen LogP contribution in [0, 0.1) is 0 Å². The average molecular weight is 469 g/mol. The van der Waals surface area contributed by atoms with Gasteiger partial charge in [0.25, 0.3) is 0 Å². The van der Waals surface area contributed by atoms with Crippen LogP contribution in [0.3, 0.4) is 0 Å². The second-order valence-corrected chi connectivity index (χ2v) is 8.06. The van der Waals surface area contributed by atoms with Gasteiger partial charge >= 0.3 is 18.2 Å². The predicted octanol–water partition coefficient (Wildman–Crippen LogP) is 5.58. The monoisotopic (exact) mass is 469 g/mol. The second kappa shape index (κ2) is 9.59. The lowest BCUT2D eigenvalue weighted by atomic mass is 9.98. The van der Waals surface area contributed by atoms with Crippen LogP contribution in [0.15, 0.2) is 72.8 Å². The average Bonchev–Trinajstić information content (AvgIpc) is 3.13. The highest BCUT2D eigenvalue weighted by molar-refractivity contribution is 5.79. The summed E-state index contributed by atoms with van der Waals surface area (Å²) >= 11 is 0. The summed E-state index contributed by atoms with van der Waals surface area (Å²) < 4.78 is 43.8. The summed E-state index contributed by atoms with van der Waals surface area (Å²) in [7, 11) is 0. The zero-order chi connectivity index (χ0) is 24.3. The summed E-state index contributed by atoms with van der Waals surface area (Å²) in [5.74, 6) is -1.38. The Morgan fingerprint density at radius 3 is 1.97 bits per heavy atom. The lowest BCUT2D eigenvalue weighted by Crippen LogP contribution is -2.38. The third-order valence-corrected chi connectivity index (χ3v) is 5.87. The van der Waals surface area contributed by atoms with Gasteiger partial charge in [-0.15, -0.1) is 0 Å². The fourth-order valence-electron chi connectivity index (χ4n) is 4.21. The Balaban J connectivity index is 1.43. The molecule has 1 aliphatic rings. The highest BCUT2D eigenvalue weighted by atomic mass is 19.4. The zero-order valence-electron chi connectivity index (χ0n) is 18.1. The minimum atomic E-state index is -4.44. The number of benzene rings is 3. The molecule has 0 heterocycles. The third-order valence-electron chi connectivity index (χ3n) is 5.87. The van der Waals surface area contributed by atoms with Crippen molar-refractivity contribution in [2.24, 2.45) is 0 Å². The number of amides is 1. The van der Waals surface area contributed by atoms with Crippen molar-refractivity contribution >= 4 is 12.1 Å². The molecule has 0 saturated heterocycles. The first-order valence-electron chi connectivity index (χ1n) is 10.7. The van der Waals surface area contributed by atoms with Gasteiger partial charge in [-0.2, -0.15) is 13.2 Å². The summed E-state index contributed by atoms with van der Waals surface area (Å²) in [4.78, 5) is 25.1. The zero-order valence-corrected chi connectivity index (χ0v) is 18.1. The van der Waals surface area contributed by atoms with E-state index in [4.69, 9.17) is 4.74 Å². The van der Waals surface area contributed by atoms with E-state index in [0.29, 0.717) is 5.56 Å². The van der Waals surface area contributed by atoms with Gasteiger partial charge in [0, 0.05) is 12.5 Å². The lowest BCUT2D eigenvalue weighted by Gasteiger charge is -2.22. The molecule has 0 radical (unpaired) electrons. The Labute approximate surface area is 194 Å². The third kappa shape index (κ3) is 5.06. The van der Waals surface area contributed by atoms with Crippen molar-refractivity contribution in [1.29, 1.82) is 0 Å². The first-order chi connectivity index (χ1) is 16.2. The van der Waals surface area contributed by atoms with Crippen LogP contribution < -0.4 is 0 Å². The molecule has 0 saturated carbocycles. The molecule has 3 aromatic rings. The van der Waals surface area contributed by atoms with E-state index in [-0.39, 0.29) is 25.5 Å². The summed E-state index contributed by atoms with van der Waals surface area (Å²) in [6, 6.07) is 20.3. The molecule has 0 aliphatic heterocycles. The molecule has 8 heteroatoms. The molecule has 1 amide bonds. The molecule has 1 N–H and O–H groups in total. The number of aliphatic carboxylic acids is 1. The maximum atomic E-state index is 12.8. The van der Waals surface area contributed by atoms with E-state index >= 15 is 0 Å². The van der Waals surface area contributed by atoms with Crippen molar-refractivity contribution in [2.45, 2.75) is 18.5 Å². The first-order valence-corrected chi connectivity index (χ1v) is 10.7. The molecule has 5 nitrogen and oxygen atoms in total. The molecule has 34 heavy (non-hydrogen) atoms. The van der Waals surface area contributed by atoms with Crippen molar-refractivity contribution in [3.63, 3.8) is 0 Å². The number of ether oxygens (including phenoxy) is 1. The van der Waals surface area contributed by atoms with Crippen LogP contribution in [-0.4, -0.2) is 41.8 Å². The van der Waals surface area contributed by atoms with E-state index in [1.807, 2.05) is 48.5 Å². The van der Waals surface area contributed by atoms with Gasteiger partial charge in [-0.25, -0.2) is 4.79 Å². The SMILES string of the molecule is O=C(O)CN(CCc1ccc(C(F)(F)F)cc1)C(=O)OCC1c2ccccc2-c2ccccc21. The van der Waals surface area contributed by atoms with E-state index in [0.717, 1.165) is 39.3 Å². The van der Waals surface area contributed by atoms with Crippen LogP contribution in [0.1, 0.15) is 28.2 Å². The molecule has 0 bridgehead atoms. The van der Waals surface area contributed by atoms with Crippen LogP contribution in [0.4, 0.5) is 18.0 Å². The molecular weight excluding hydrogens is 447 g/mol. The van der Waals surface area contributed by atoms with Crippen molar-refractivity contribution in [3.8, 4) is 11.1 Å². The van der Waals surface area contributed by atoms with E-state index in [9.17, 15) is 27.9 Å². The number of carboxylic acid groups (broad SMARTS) is 1. The number of hydrogen-bond acceptors (Lipinski definition) is 3. The quantitative estimate of drug-likeness (QED) is 0.490. The van der Waals surface area contributed by atoms with Crippen LogP contribution in [0.25, 0.3) is 11.1 Å². The number of carbonyl (C=O) groups excluding carboxylic acids is 1. The van der Waals surface area contributed by atoms with Crippen molar-refractivity contribution in [1.82, 2.24) is 4.90 Å². The number of carbonyl (C=O) groups is 2. The van der Waals surface area contributed by atoms with Crippen molar-refractivity contribution < 1.29 is 32.6 Å². The first kappa shape index (κ1) is 23.4. The Bertz CT molecular complexity index is 1150. The molecule has 0 fully saturated rings. The smallest absolute Gasteiger partial charge is 0.416 e. The Morgan fingerprint density at radius 1 is 0.882 bits per heavy atom. The number of carboxylic acids is 1. The minimum absolute atomic E-state index is 0.00562. The minimum Gasteiger partial charge on any atom is -0.480 e. The topological polar surface area (TPSA) is 66.8 Å². The number of halogens is 3. The molecule has 1 aliphatic carbocycles. The van der Waals surface area contributed by atoms with Gasteiger partial charge in [0.1, 0.15) is 13.2 Å². The van der Waals surface area contributed by atoms with Crippen LogP contribution in [0.2, 0.25) is 0 Å². The molecule has 0 unspecified atom stereocenters. The molecule has 3 aromatic carbocycles. The standard InChI is InChI=1S/C26H22F3NO4/c27-26(28,29)18-11-9-17(10-12-18)13-14-30(15-24(31)32)25(33)34-16-23-21-7-3-1-5-19(21)20-6-2-4-8-22(20)23/h1-12,23H,13-16H2,(H,31,32). The molecule has 0 spiro atoms. The lowest BCUT2D eigenvalue weighted by molar-refractivity contribution is -0.138. The Morgan fingerprint density at radius 2 is 1.44 bits per heavy atom. The Kier molecular flexibility index (Phi) is 6.58. The van der Waals surface area contributed by atoms with Gasteiger partial charge in [-0.3, -0.25) is 9.69 Å². The van der Waals surface area contributed by atoms with Gasteiger partial charge in [0.05, 0.1) is 5.56 Å². The van der Waals surface area contributed by atoms with E-state index in [2.05, 4.69) is 0 Å². The van der Waals surface area contributed by atoms with E-state index < -0.39 is 30.3 Å². The van der Waals surface area contributed by atoms with Crippen LogP contribution in [-0.2, 0) is 22.1 Å². The van der Waals surface area contributed by atoms with Crippen LogP contribution >= 0.6 is 0 Å². The summed E-state index contributed by atoms with van der Waals surface area (Å²) in [5.41, 5.74) is 4.00. The maximum Gasteiger partial charge on any atom is 0.416 e. The van der Waals surface area contributed by atoms with E-state index in [1.54, 1.807) is 0 Å².